The Morgan fingerprint density at radius 2 is 1.76 bits per heavy atom. The summed E-state index contributed by atoms with van der Waals surface area (Å²) in [5.74, 6) is 0.897. The second-order valence-corrected chi connectivity index (χ2v) is 10.1. The minimum atomic E-state index is -3.79. The van der Waals surface area contributed by atoms with Crippen molar-refractivity contribution in [3.05, 3.63) is 54.6 Å². The van der Waals surface area contributed by atoms with E-state index in [2.05, 4.69) is 11.9 Å². The van der Waals surface area contributed by atoms with E-state index in [1.54, 1.807) is 36.4 Å². The minimum absolute atomic E-state index is 0.0456. The van der Waals surface area contributed by atoms with Crippen molar-refractivity contribution in [1.82, 2.24) is 9.88 Å². The maximum atomic E-state index is 13.3. The number of hydrogen-bond acceptors (Lipinski definition) is 4. The molecule has 1 aromatic heterocycles. The van der Waals surface area contributed by atoms with E-state index in [4.69, 9.17) is 0 Å². The SMILES string of the molecule is CC1CCN(C(=O)CSc2[nH]c3ccccc3[n+]2S(=O)(=O)c2ccccc2)CC1. The number of carbonyl (C=O) groups excluding carboxylic acids is 1. The monoisotopic (exact) mass is 430 g/mol. The van der Waals surface area contributed by atoms with Gasteiger partial charge in [0.2, 0.25) is 5.91 Å². The van der Waals surface area contributed by atoms with E-state index in [1.807, 2.05) is 23.1 Å². The fraction of sp³-hybridized carbons (Fsp3) is 0.333. The Morgan fingerprint density at radius 3 is 2.48 bits per heavy atom. The number of nitrogens with one attached hydrogen (secondary N) is 1. The van der Waals surface area contributed by atoms with Crippen molar-refractivity contribution in [3.8, 4) is 0 Å². The molecule has 3 aromatic rings. The summed E-state index contributed by atoms with van der Waals surface area (Å²) in [4.78, 5) is 17.9. The summed E-state index contributed by atoms with van der Waals surface area (Å²) in [5.41, 5.74) is 1.28. The molecule has 2 heterocycles. The van der Waals surface area contributed by atoms with E-state index in [1.165, 1.54) is 15.7 Å². The molecule has 0 aliphatic carbocycles. The number of rotatable bonds is 5. The molecule has 1 fully saturated rings. The van der Waals surface area contributed by atoms with E-state index in [0.717, 1.165) is 25.9 Å². The molecule has 2 aromatic carbocycles. The lowest BCUT2D eigenvalue weighted by Gasteiger charge is -2.30. The highest BCUT2D eigenvalue weighted by Gasteiger charge is 2.32. The third-order valence-corrected chi connectivity index (χ3v) is 8.09. The minimum Gasteiger partial charge on any atom is -0.342 e. The second kappa shape index (κ2) is 8.20. The number of para-hydroxylation sites is 2. The van der Waals surface area contributed by atoms with Crippen LogP contribution in [0.1, 0.15) is 19.8 Å². The molecular formula is C21H24N3O3S2+. The first-order valence-electron chi connectivity index (χ1n) is 9.71. The van der Waals surface area contributed by atoms with Crippen molar-refractivity contribution in [2.24, 2.45) is 5.92 Å². The van der Waals surface area contributed by atoms with Gasteiger partial charge in [-0.05, 0) is 54.8 Å². The lowest BCUT2D eigenvalue weighted by Crippen LogP contribution is -2.44. The molecule has 4 rings (SSSR count). The van der Waals surface area contributed by atoms with Crippen LogP contribution in [0.2, 0.25) is 0 Å². The summed E-state index contributed by atoms with van der Waals surface area (Å²) in [6.45, 7) is 3.75. The maximum absolute atomic E-state index is 13.3. The van der Waals surface area contributed by atoms with Gasteiger partial charge in [-0.15, -0.1) is 3.97 Å². The molecule has 0 bridgehead atoms. The molecule has 1 aliphatic heterocycles. The standard InChI is InChI=1S/C21H23N3O3S2/c1-16-11-13-23(14-12-16)20(25)15-28-21-22-18-9-5-6-10-19(18)24(21)29(26,27)17-7-3-2-4-8-17/h2-10,16H,11-15H2,1H3/p+1. The fourth-order valence-corrected chi connectivity index (χ4v) is 6.23. The Kier molecular flexibility index (Phi) is 5.65. The van der Waals surface area contributed by atoms with Gasteiger partial charge >= 0.3 is 15.2 Å². The van der Waals surface area contributed by atoms with Crippen molar-refractivity contribution >= 4 is 38.7 Å². The van der Waals surface area contributed by atoms with Gasteiger partial charge in [0, 0.05) is 13.1 Å². The molecule has 152 valence electrons. The Hall–Kier alpha value is -2.32. The number of amides is 1. The number of aromatic nitrogens is 2. The van der Waals surface area contributed by atoms with Crippen LogP contribution in [0, 0.1) is 5.92 Å². The Balaban J connectivity index is 1.65. The first-order valence-corrected chi connectivity index (χ1v) is 12.1. The van der Waals surface area contributed by atoms with E-state index >= 15 is 0 Å². The van der Waals surface area contributed by atoms with Gasteiger partial charge in [0.25, 0.3) is 0 Å². The van der Waals surface area contributed by atoms with Gasteiger partial charge in [0.15, 0.2) is 11.0 Å². The quantitative estimate of drug-likeness (QED) is 0.499. The van der Waals surface area contributed by atoms with Crippen molar-refractivity contribution in [2.45, 2.75) is 29.8 Å². The van der Waals surface area contributed by atoms with Crippen LogP contribution in [0.25, 0.3) is 11.0 Å². The van der Waals surface area contributed by atoms with Crippen LogP contribution in [-0.2, 0) is 14.8 Å². The lowest BCUT2D eigenvalue weighted by molar-refractivity contribution is -0.526. The number of hydrogen-bond donors (Lipinski definition) is 1. The topological polar surface area (TPSA) is 74.1 Å². The number of aromatic amines is 1. The van der Waals surface area contributed by atoms with Crippen LogP contribution in [-0.4, -0.2) is 43.1 Å². The fourth-order valence-electron chi connectivity index (χ4n) is 3.54. The first-order chi connectivity index (χ1) is 14.0. The zero-order chi connectivity index (χ0) is 20.4. The van der Waals surface area contributed by atoms with E-state index in [0.29, 0.717) is 22.1 Å². The number of thioether (sulfide) groups is 1. The van der Waals surface area contributed by atoms with Gasteiger partial charge in [-0.25, -0.2) is 4.98 Å². The lowest BCUT2D eigenvalue weighted by atomic mass is 9.99. The Morgan fingerprint density at radius 1 is 1.10 bits per heavy atom. The van der Waals surface area contributed by atoms with Crippen LogP contribution >= 0.6 is 11.8 Å². The summed E-state index contributed by atoms with van der Waals surface area (Å²) >= 11 is 1.23. The van der Waals surface area contributed by atoms with Crippen molar-refractivity contribution in [1.29, 1.82) is 0 Å². The average molecular weight is 431 g/mol. The molecular weight excluding hydrogens is 406 g/mol. The van der Waals surface area contributed by atoms with Crippen molar-refractivity contribution < 1.29 is 17.2 Å². The number of H-pyrrole nitrogens is 1. The Labute approximate surface area is 175 Å². The molecule has 8 heteroatoms. The van der Waals surface area contributed by atoms with Gasteiger partial charge in [-0.1, -0.05) is 37.3 Å². The largest absolute Gasteiger partial charge is 0.342 e. The van der Waals surface area contributed by atoms with Gasteiger partial charge in [0.05, 0.1) is 5.75 Å². The molecule has 1 N–H and O–H groups in total. The van der Waals surface area contributed by atoms with Crippen LogP contribution in [0.4, 0.5) is 0 Å². The van der Waals surface area contributed by atoms with Crippen LogP contribution < -0.4 is 3.97 Å². The maximum Gasteiger partial charge on any atom is 0.336 e. The molecule has 0 saturated carbocycles. The number of carbonyl (C=O) groups is 1. The van der Waals surface area contributed by atoms with Gasteiger partial charge in [-0.2, -0.15) is 8.42 Å². The first kappa shape index (κ1) is 20.0. The normalized spacial score (nSPS) is 15.7. The molecule has 1 amide bonds. The number of fused-ring (bicyclic) bond motifs is 1. The van der Waals surface area contributed by atoms with E-state index in [9.17, 15) is 13.2 Å². The average Bonchev–Trinajstić information content (AvgIpc) is 3.12. The molecule has 0 spiro atoms. The second-order valence-electron chi connectivity index (χ2n) is 7.38. The third-order valence-electron chi connectivity index (χ3n) is 5.30. The summed E-state index contributed by atoms with van der Waals surface area (Å²) in [6.07, 6.45) is 2.04. The highest BCUT2D eigenvalue weighted by molar-refractivity contribution is 8.00. The molecule has 1 saturated heterocycles. The van der Waals surface area contributed by atoms with Crippen LogP contribution in [0.3, 0.4) is 0 Å². The number of benzene rings is 2. The van der Waals surface area contributed by atoms with E-state index in [-0.39, 0.29) is 16.6 Å². The zero-order valence-corrected chi connectivity index (χ0v) is 17.9. The third kappa shape index (κ3) is 4.04. The number of nitrogens with zero attached hydrogens (tertiary/aromatic N) is 2. The molecule has 0 radical (unpaired) electrons. The highest BCUT2D eigenvalue weighted by atomic mass is 32.2. The number of imidazole rings is 1. The predicted molar refractivity (Wildman–Crippen MR) is 113 cm³/mol. The Bertz CT molecular complexity index is 1120. The highest BCUT2D eigenvalue weighted by Crippen LogP contribution is 2.23. The molecule has 0 unspecified atom stereocenters. The van der Waals surface area contributed by atoms with Gasteiger partial charge in [0.1, 0.15) is 4.90 Å². The molecule has 0 atom stereocenters. The number of likely N-dealkylation sites (tertiary alicyclic amines) is 1. The predicted octanol–water partition coefficient (Wildman–Crippen LogP) is 3.04. The van der Waals surface area contributed by atoms with Crippen LogP contribution in [0.15, 0.2) is 64.6 Å². The molecule has 1 aliphatic rings. The van der Waals surface area contributed by atoms with Gasteiger partial charge in [-0.3, -0.25) is 4.79 Å². The summed E-state index contributed by atoms with van der Waals surface area (Å²) in [6, 6.07) is 15.6. The molecule has 29 heavy (non-hydrogen) atoms. The summed E-state index contributed by atoms with van der Waals surface area (Å²) < 4.78 is 28.0. The summed E-state index contributed by atoms with van der Waals surface area (Å²) in [7, 11) is -3.79. The smallest absolute Gasteiger partial charge is 0.336 e. The van der Waals surface area contributed by atoms with Gasteiger partial charge < -0.3 is 4.90 Å². The summed E-state index contributed by atoms with van der Waals surface area (Å²) in [5, 5.41) is 0.439. The zero-order valence-electron chi connectivity index (χ0n) is 16.2. The van der Waals surface area contributed by atoms with Crippen molar-refractivity contribution in [3.63, 3.8) is 0 Å². The van der Waals surface area contributed by atoms with E-state index < -0.39 is 10.0 Å². The number of piperidine rings is 1. The molecule has 6 nitrogen and oxygen atoms in total. The van der Waals surface area contributed by atoms with Crippen LogP contribution in [0.5, 0.6) is 0 Å². The van der Waals surface area contributed by atoms with Crippen molar-refractivity contribution in [2.75, 3.05) is 18.8 Å².